The summed E-state index contributed by atoms with van der Waals surface area (Å²) in [6.07, 6.45) is 0.794. The summed E-state index contributed by atoms with van der Waals surface area (Å²) in [7, 11) is 3.75. The molecule has 0 amide bonds. The van der Waals surface area contributed by atoms with Crippen LogP contribution in [0.4, 0.5) is 0 Å². The van der Waals surface area contributed by atoms with Crippen molar-refractivity contribution in [3.8, 4) is 0 Å². The van der Waals surface area contributed by atoms with E-state index >= 15 is 0 Å². The van der Waals surface area contributed by atoms with E-state index in [0.29, 0.717) is 10.6 Å². The van der Waals surface area contributed by atoms with E-state index in [2.05, 4.69) is 0 Å². The van der Waals surface area contributed by atoms with E-state index in [1.807, 2.05) is 31.1 Å². The largest absolute Gasteiger partial charge is 0.383 e. The van der Waals surface area contributed by atoms with Gasteiger partial charge in [-0.1, -0.05) is 23.7 Å². The fourth-order valence-corrected chi connectivity index (χ4v) is 1.37. The number of nitrogens with zero attached hydrogens (tertiary/aromatic N) is 1. The average Bonchev–Trinajstić information content (AvgIpc) is 2.15. The summed E-state index contributed by atoms with van der Waals surface area (Å²) in [5.41, 5.74) is 7.01. The van der Waals surface area contributed by atoms with E-state index in [0.717, 1.165) is 5.56 Å². The molecule has 1 rings (SSSR count). The second-order valence-electron chi connectivity index (χ2n) is 3.50. The molecule has 3 N–H and O–H groups in total. The Hall–Kier alpha value is -1.03. The molecule has 0 fully saturated rings. The van der Waals surface area contributed by atoms with E-state index in [4.69, 9.17) is 17.3 Å². The summed E-state index contributed by atoms with van der Waals surface area (Å²) in [5.74, 6) is 0. The zero-order valence-electron chi connectivity index (χ0n) is 8.81. The van der Waals surface area contributed by atoms with Crippen LogP contribution in [0.15, 0.2) is 30.5 Å². The SMILES string of the molecule is CN(C)/C=C(/c1ccc(Cl)cc1)[C@@H](N)O. The first-order chi connectivity index (χ1) is 7.00. The van der Waals surface area contributed by atoms with Crippen molar-refractivity contribution in [2.75, 3.05) is 14.1 Å². The number of hydrogen-bond donors (Lipinski definition) is 2. The predicted octanol–water partition coefficient (Wildman–Crippen LogP) is 1.52. The molecule has 0 saturated heterocycles. The number of benzene rings is 1. The van der Waals surface area contributed by atoms with Crippen LogP contribution in [0.3, 0.4) is 0 Å². The number of hydrogen-bond acceptors (Lipinski definition) is 3. The fourth-order valence-electron chi connectivity index (χ4n) is 1.24. The maximum atomic E-state index is 9.43. The third-order valence-corrected chi connectivity index (χ3v) is 2.15. The first kappa shape index (κ1) is 12.0. The molecule has 0 radical (unpaired) electrons. The Morgan fingerprint density at radius 2 is 1.93 bits per heavy atom. The van der Waals surface area contributed by atoms with Crippen molar-refractivity contribution in [1.29, 1.82) is 0 Å². The topological polar surface area (TPSA) is 49.5 Å². The lowest BCUT2D eigenvalue weighted by Gasteiger charge is -2.14. The van der Waals surface area contributed by atoms with E-state index in [9.17, 15) is 5.11 Å². The van der Waals surface area contributed by atoms with Gasteiger partial charge in [-0.15, -0.1) is 0 Å². The lowest BCUT2D eigenvalue weighted by atomic mass is 10.1. The number of halogens is 1. The molecule has 4 heteroatoms. The molecule has 0 heterocycles. The van der Waals surface area contributed by atoms with E-state index in [1.54, 1.807) is 18.3 Å². The highest BCUT2D eigenvalue weighted by molar-refractivity contribution is 6.30. The van der Waals surface area contributed by atoms with Crippen molar-refractivity contribution >= 4 is 17.2 Å². The first-order valence-corrected chi connectivity index (χ1v) is 4.96. The number of aliphatic hydroxyl groups is 1. The van der Waals surface area contributed by atoms with Gasteiger partial charge in [-0.25, -0.2) is 0 Å². The molecule has 1 atom stereocenters. The molecule has 0 aliphatic carbocycles. The molecule has 1 aromatic carbocycles. The Bertz CT molecular complexity index is 344. The zero-order valence-corrected chi connectivity index (χ0v) is 9.57. The number of nitrogens with two attached hydrogens (primary N) is 1. The van der Waals surface area contributed by atoms with Crippen LogP contribution >= 0.6 is 11.6 Å². The standard InChI is InChI=1S/C11H15ClN2O/c1-14(2)7-10(11(13)15)8-3-5-9(12)6-4-8/h3-7,11,15H,13H2,1-2H3/b10-7-/t11-/m0/s1. The molecule has 0 aromatic heterocycles. The molecule has 0 aliphatic heterocycles. The summed E-state index contributed by atoms with van der Waals surface area (Å²) < 4.78 is 0. The smallest absolute Gasteiger partial charge is 0.130 e. The Kier molecular flexibility index (Phi) is 4.15. The van der Waals surface area contributed by atoms with Crippen LogP contribution < -0.4 is 5.73 Å². The van der Waals surface area contributed by atoms with Gasteiger partial charge in [-0.05, 0) is 17.7 Å². The van der Waals surface area contributed by atoms with Gasteiger partial charge in [0.2, 0.25) is 0 Å². The van der Waals surface area contributed by atoms with E-state index in [1.165, 1.54) is 0 Å². The molecular weight excluding hydrogens is 212 g/mol. The van der Waals surface area contributed by atoms with Gasteiger partial charge in [0.15, 0.2) is 0 Å². The molecule has 1 aromatic rings. The van der Waals surface area contributed by atoms with Crippen molar-refractivity contribution in [1.82, 2.24) is 4.90 Å². The Balaban J connectivity index is 3.05. The maximum Gasteiger partial charge on any atom is 0.130 e. The normalized spacial score (nSPS) is 13.8. The Labute approximate surface area is 94.8 Å². The van der Waals surface area contributed by atoms with Gasteiger partial charge < -0.3 is 15.7 Å². The molecular formula is C11H15ClN2O. The molecule has 3 nitrogen and oxygen atoms in total. The highest BCUT2D eigenvalue weighted by Crippen LogP contribution is 2.19. The molecule has 0 saturated carbocycles. The van der Waals surface area contributed by atoms with Gasteiger partial charge in [-0.2, -0.15) is 0 Å². The second-order valence-corrected chi connectivity index (χ2v) is 3.94. The highest BCUT2D eigenvalue weighted by Gasteiger charge is 2.08. The molecule has 0 unspecified atom stereocenters. The van der Waals surface area contributed by atoms with Gasteiger partial charge >= 0.3 is 0 Å². The summed E-state index contributed by atoms with van der Waals surface area (Å²) in [6.45, 7) is 0. The van der Waals surface area contributed by atoms with Crippen LogP contribution in [0.25, 0.3) is 5.57 Å². The lowest BCUT2D eigenvalue weighted by molar-refractivity contribution is 0.239. The third kappa shape index (κ3) is 3.55. The third-order valence-electron chi connectivity index (χ3n) is 1.89. The Morgan fingerprint density at radius 3 is 2.33 bits per heavy atom. The maximum absolute atomic E-state index is 9.43. The molecule has 0 spiro atoms. The molecule has 15 heavy (non-hydrogen) atoms. The van der Waals surface area contributed by atoms with E-state index in [-0.39, 0.29) is 0 Å². The highest BCUT2D eigenvalue weighted by atomic mass is 35.5. The molecule has 0 bridgehead atoms. The molecule has 82 valence electrons. The van der Waals surface area contributed by atoms with Crippen molar-refractivity contribution < 1.29 is 5.11 Å². The van der Waals surface area contributed by atoms with Crippen molar-refractivity contribution in [3.05, 3.63) is 41.1 Å². The first-order valence-electron chi connectivity index (χ1n) is 4.58. The van der Waals surface area contributed by atoms with Crippen molar-refractivity contribution in [2.45, 2.75) is 6.23 Å². The van der Waals surface area contributed by atoms with Crippen LogP contribution in [0.1, 0.15) is 5.56 Å². The van der Waals surface area contributed by atoms with Gasteiger partial charge in [0.1, 0.15) is 6.23 Å². The molecule has 0 aliphatic rings. The summed E-state index contributed by atoms with van der Waals surface area (Å²) in [4.78, 5) is 1.83. The van der Waals surface area contributed by atoms with Crippen molar-refractivity contribution in [3.63, 3.8) is 0 Å². The minimum Gasteiger partial charge on any atom is -0.383 e. The van der Waals surface area contributed by atoms with Gasteiger partial charge in [0.25, 0.3) is 0 Å². The van der Waals surface area contributed by atoms with E-state index < -0.39 is 6.23 Å². The van der Waals surface area contributed by atoms with Gasteiger partial charge in [0.05, 0.1) is 0 Å². The number of aliphatic hydroxyl groups excluding tert-OH is 1. The fraction of sp³-hybridized carbons (Fsp3) is 0.273. The lowest BCUT2D eigenvalue weighted by Crippen LogP contribution is -2.22. The van der Waals surface area contributed by atoms with Crippen LogP contribution in [0, 0.1) is 0 Å². The van der Waals surface area contributed by atoms with Gasteiger partial charge in [-0.3, -0.25) is 0 Å². The monoisotopic (exact) mass is 226 g/mol. The average molecular weight is 227 g/mol. The minimum absolute atomic E-state index is 0.662. The summed E-state index contributed by atoms with van der Waals surface area (Å²) in [5, 5.41) is 10.1. The minimum atomic E-state index is -0.992. The van der Waals surface area contributed by atoms with Crippen LogP contribution in [-0.4, -0.2) is 30.3 Å². The van der Waals surface area contributed by atoms with Crippen LogP contribution in [0.2, 0.25) is 5.02 Å². The number of rotatable bonds is 3. The second kappa shape index (κ2) is 5.16. The van der Waals surface area contributed by atoms with Crippen LogP contribution in [0.5, 0.6) is 0 Å². The Morgan fingerprint density at radius 1 is 1.40 bits per heavy atom. The van der Waals surface area contributed by atoms with Crippen LogP contribution in [-0.2, 0) is 0 Å². The predicted molar refractivity (Wildman–Crippen MR) is 63.3 cm³/mol. The summed E-state index contributed by atoms with van der Waals surface area (Å²) in [6, 6.07) is 7.19. The zero-order chi connectivity index (χ0) is 11.4. The summed E-state index contributed by atoms with van der Waals surface area (Å²) >= 11 is 5.78. The quantitative estimate of drug-likeness (QED) is 0.769. The van der Waals surface area contributed by atoms with Crippen molar-refractivity contribution in [2.24, 2.45) is 5.73 Å². The van der Waals surface area contributed by atoms with Gasteiger partial charge in [0, 0.05) is 30.9 Å².